The van der Waals surface area contributed by atoms with Gasteiger partial charge in [-0.15, -0.1) is 71.9 Å². The smallest absolute Gasteiger partial charge is 0 e. The summed E-state index contributed by atoms with van der Waals surface area (Å²) in [5, 5.41) is 0. The summed E-state index contributed by atoms with van der Waals surface area (Å²) in [6, 6.07) is 0. The van der Waals surface area contributed by atoms with Crippen molar-refractivity contribution in [3.8, 4) is 0 Å². The van der Waals surface area contributed by atoms with E-state index in [4.69, 9.17) is 0 Å². The Morgan fingerprint density at radius 1 is 0.333 bits per heavy atom. The molecule has 0 aliphatic rings. The van der Waals surface area contributed by atoms with Gasteiger partial charge in [-0.1, -0.05) is 0 Å². The maximum atomic E-state index is 0. The third-order valence-corrected chi connectivity index (χ3v) is 0. The molecule has 0 saturated carbocycles. The molecule has 6 heteroatoms. The van der Waals surface area contributed by atoms with Gasteiger partial charge in [-0.3, -0.25) is 0 Å². The molecule has 0 aromatic rings. The molecule has 0 spiro atoms. The number of halogens is 3. The first kappa shape index (κ1) is 47.9. The zero-order valence-corrected chi connectivity index (χ0v) is 14.4. The summed E-state index contributed by atoms with van der Waals surface area (Å²) < 4.78 is 0. The van der Waals surface area contributed by atoms with E-state index in [9.17, 15) is 0 Å². The molecular weight excluding hydrogens is 524 g/mol. The number of rotatable bonds is 0. The molecule has 0 fully saturated rings. The van der Waals surface area contributed by atoms with Crippen LogP contribution >= 0.6 is 71.9 Å². The molecule has 0 bridgehead atoms. The van der Waals surface area contributed by atoms with Gasteiger partial charge in [0, 0.05) is 65.2 Å². The van der Waals surface area contributed by atoms with Gasteiger partial charge in [0.05, 0.1) is 0 Å². The topological polar surface area (TPSA) is 0 Å². The Morgan fingerprint density at radius 2 is 0.333 bits per heavy atom. The third-order valence-electron chi connectivity index (χ3n) is 0. The molecule has 0 heterocycles. The Morgan fingerprint density at radius 3 is 0.333 bits per heavy atom. The molecular formula is H3I3Ti3. The molecule has 0 radical (unpaired) electrons. The fourth-order valence-corrected chi connectivity index (χ4v) is 0. The molecule has 0 saturated heterocycles. The minimum absolute atomic E-state index is 0. The van der Waals surface area contributed by atoms with Gasteiger partial charge in [0.1, 0.15) is 0 Å². The van der Waals surface area contributed by atoms with E-state index in [2.05, 4.69) is 0 Å². The monoisotopic (exact) mass is 528 g/mol. The summed E-state index contributed by atoms with van der Waals surface area (Å²) in [6.45, 7) is 0. The van der Waals surface area contributed by atoms with E-state index in [-0.39, 0.29) is 137 Å². The van der Waals surface area contributed by atoms with Crippen molar-refractivity contribution in [3.63, 3.8) is 0 Å². The van der Waals surface area contributed by atoms with Gasteiger partial charge in [-0.05, 0) is 0 Å². The second kappa shape index (κ2) is 34.5. The van der Waals surface area contributed by atoms with E-state index in [1.807, 2.05) is 0 Å². The van der Waals surface area contributed by atoms with E-state index in [0.717, 1.165) is 0 Å². The summed E-state index contributed by atoms with van der Waals surface area (Å²) in [7, 11) is 0. The maximum absolute atomic E-state index is 0. The van der Waals surface area contributed by atoms with Crippen molar-refractivity contribution < 1.29 is 65.2 Å². The quantitative estimate of drug-likeness (QED) is 0.334. The minimum atomic E-state index is 0. The van der Waals surface area contributed by atoms with Crippen molar-refractivity contribution >= 4 is 71.9 Å². The van der Waals surface area contributed by atoms with E-state index in [1.54, 1.807) is 0 Å². The second-order valence-electron chi connectivity index (χ2n) is 0. The van der Waals surface area contributed by atoms with Crippen LogP contribution in [0.4, 0.5) is 0 Å². The van der Waals surface area contributed by atoms with Crippen LogP contribution in [0, 0.1) is 0 Å². The fourth-order valence-electron chi connectivity index (χ4n) is 0. The summed E-state index contributed by atoms with van der Waals surface area (Å²) in [5.74, 6) is 0. The molecule has 0 aromatic heterocycles. The Kier molecular flexibility index (Phi) is 276. The molecule has 0 rings (SSSR count). The molecule has 0 aromatic carbocycles. The first-order valence-corrected chi connectivity index (χ1v) is 0. The van der Waals surface area contributed by atoms with Crippen LogP contribution in [0.1, 0.15) is 0 Å². The van der Waals surface area contributed by atoms with Gasteiger partial charge in [0.2, 0.25) is 0 Å². The Labute approximate surface area is 134 Å². The van der Waals surface area contributed by atoms with Crippen molar-refractivity contribution in [1.29, 1.82) is 0 Å². The molecule has 36 valence electrons. The van der Waals surface area contributed by atoms with Gasteiger partial charge < -0.3 is 0 Å². The van der Waals surface area contributed by atoms with Gasteiger partial charge in [0.15, 0.2) is 0 Å². The predicted molar refractivity (Wildman–Crippen MR) is 46.2 cm³/mol. The maximum Gasteiger partial charge on any atom is 0 e. The van der Waals surface area contributed by atoms with Crippen molar-refractivity contribution in [1.82, 2.24) is 0 Å². The average molecular weight is 527 g/mol. The molecule has 0 unspecified atom stereocenters. The van der Waals surface area contributed by atoms with E-state index in [1.165, 1.54) is 0 Å². The van der Waals surface area contributed by atoms with Gasteiger partial charge in [-0.2, -0.15) is 0 Å². The van der Waals surface area contributed by atoms with Crippen molar-refractivity contribution in [2.45, 2.75) is 0 Å². The van der Waals surface area contributed by atoms with Crippen molar-refractivity contribution in [2.75, 3.05) is 0 Å². The molecule has 0 aliphatic carbocycles. The van der Waals surface area contributed by atoms with E-state index in [0.29, 0.717) is 0 Å². The van der Waals surface area contributed by atoms with Gasteiger partial charge in [-0.25, -0.2) is 0 Å². The molecule has 0 amide bonds. The second-order valence-corrected chi connectivity index (χ2v) is 0. The van der Waals surface area contributed by atoms with Crippen LogP contribution in [-0.2, 0) is 65.2 Å². The van der Waals surface area contributed by atoms with Gasteiger partial charge in [0.25, 0.3) is 0 Å². The Bertz CT molecular complexity index is 6.00. The summed E-state index contributed by atoms with van der Waals surface area (Å²) >= 11 is 0. The SMILES string of the molecule is I.I.I.[Ti].[Ti].[Ti]. The molecule has 0 atom stereocenters. The van der Waals surface area contributed by atoms with Crippen LogP contribution in [-0.4, -0.2) is 0 Å². The van der Waals surface area contributed by atoms with Crippen LogP contribution in [0.3, 0.4) is 0 Å². The third kappa shape index (κ3) is 23.9. The normalized spacial score (nSPS) is 0. The average Bonchev–Trinajstić information content (AvgIpc) is 0. The van der Waals surface area contributed by atoms with E-state index < -0.39 is 0 Å². The van der Waals surface area contributed by atoms with Crippen LogP contribution in [0.2, 0.25) is 0 Å². The molecule has 0 N–H and O–H groups in total. The van der Waals surface area contributed by atoms with Gasteiger partial charge >= 0.3 is 0 Å². The van der Waals surface area contributed by atoms with Crippen LogP contribution in [0.25, 0.3) is 0 Å². The number of hydrogen-bond donors (Lipinski definition) is 0. The van der Waals surface area contributed by atoms with Crippen molar-refractivity contribution in [2.24, 2.45) is 0 Å². The largest absolute Gasteiger partial charge is 0.107 e. The standard InChI is InChI=1S/3HI.3Ti/h3*1H;;;. The summed E-state index contributed by atoms with van der Waals surface area (Å²) in [4.78, 5) is 0. The number of hydrogen-bond acceptors (Lipinski definition) is 0. The zero-order valence-electron chi connectivity index (χ0n) is 2.72. The first-order chi connectivity index (χ1) is 0. The predicted octanol–water partition coefficient (Wildman–Crippen LogP) is 1.85. The Balaban J connectivity index is 0. The zero-order chi connectivity index (χ0) is 0. The fraction of sp³-hybridized carbons (Fsp3) is 0. The first-order valence-electron chi connectivity index (χ1n) is 0. The van der Waals surface area contributed by atoms with E-state index >= 15 is 0 Å². The molecule has 0 nitrogen and oxygen atoms in total. The molecule has 6 heavy (non-hydrogen) atoms. The van der Waals surface area contributed by atoms with Crippen molar-refractivity contribution in [3.05, 3.63) is 0 Å². The van der Waals surface area contributed by atoms with Crippen LogP contribution in [0.15, 0.2) is 0 Å². The molecule has 0 aliphatic heterocycles. The van der Waals surface area contributed by atoms with Crippen LogP contribution in [0.5, 0.6) is 0 Å². The summed E-state index contributed by atoms with van der Waals surface area (Å²) in [5.41, 5.74) is 0. The van der Waals surface area contributed by atoms with Crippen LogP contribution < -0.4 is 0 Å². The minimum Gasteiger partial charge on any atom is -0.107 e. The Hall–Kier alpha value is 4.33. The summed E-state index contributed by atoms with van der Waals surface area (Å²) in [6.07, 6.45) is 0.